The van der Waals surface area contributed by atoms with Crippen LogP contribution < -0.4 is 5.32 Å². The molecular formula is C14H16FNO3. The monoisotopic (exact) mass is 265 g/mol. The van der Waals surface area contributed by atoms with E-state index in [1.165, 1.54) is 12.1 Å². The first-order chi connectivity index (χ1) is 9.02. The molecule has 1 heterocycles. The highest BCUT2D eigenvalue weighted by atomic mass is 19.1. The molecule has 2 rings (SSSR count). The largest absolute Gasteiger partial charge is 0.448 e. The first kappa shape index (κ1) is 13.5. The van der Waals surface area contributed by atoms with Crippen LogP contribution in [0.15, 0.2) is 28.7 Å². The van der Waals surface area contributed by atoms with E-state index in [1.807, 2.05) is 6.92 Å². The molecule has 0 aliphatic heterocycles. The van der Waals surface area contributed by atoms with Gasteiger partial charge in [0, 0.05) is 18.0 Å². The Kier molecular flexibility index (Phi) is 3.85. The van der Waals surface area contributed by atoms with Gasteiger partial charge in [0.05, 0.1) is 0 Å². The second-order valence-corrected chi connectivity index (χ2v) is 4.69. The summed E-state index contributed by atoms with van der Waals surface area (Å²) in [6.07, 6.45) is 0. The van der Waals surface area contributed by atoms with Crippen molar-refractivity contribution in [1.29, 1.82) is 0 Å². The van der Waals surface area contributed by atoms with Gasteiger partial charge in [-0.1, -0.05) is 19.1 Å². The Balaban J connectivity index is 2.20. The Bertz CT molecular complexity index is 593. The molecule has 2 aromatic rings. The fourth-order valence-electron chi connectivity index (χ4n) is 1.72. The number of carbonyl (C=O) groups is 1. The summed E-state index contributed by atoms with van der Waals surface area (Å²) in [7, 11) is 0. The number of nitrogens with one attached hydrogen (secondary N) is 1. The molecule has 102 valence electrons. The highest BCUT2D eigenvalue weighted by molar-refractivity contribution is 5.96. The van der Waals surface area contributed by atoms with Gasteiger partial charge in [-0.3, -0.25) is 4.79 Å². The van der Waals surface area contributed by atoms with E-state index >= 15 is 0 Å². The van der Waals surface area contributed by atoms with Gasteiger partial charge in [-0.05, 0) is 25.0 Å². The summed E-state index contributed by atoms with van der Waals surface area (Å²) in [6, 6.07) is 5.83. The minimum Gasteiger partial charge on any atom is -0.448 e. The van der Waals surface area contributed by atoms with Crippen LogP contribution in [-0.4, -0.2) is 23.7 Å². The van der Waals surface area contributed by atoms with E-state index in [4.69, 9.17) is 9.52 Å². The summed E-state index contributed by atoms with van der Waals surface area (Å²) in [6.45, 7) is 3.60. The zero-order chi connectivity index (χ0) is 14.0. The fourth-order valence-corrected chi connectivity index (χ4v) is 1.72. The molecule has 19 heavy (non-hydrogen) atoms. The quantitative estimate of drug-likeness (QED) is 0.891. The third-order valence-corrected chi connectivity index (χ3v) is 3.22. The van der Waals surface area contributed by atoms with Crippen LogP contribution in [0.3, 0.4) is 0 Å². The minimum absolute atomic E-state index is 0.0177. The lowest BCUT2D eigenvalue weighted by molar-refractivity contribution is 0.0890. The van der Waals surface area contributed by atoms with Gasteiger partial charge in [0.2, 0.25) is 0 Å². The van der Waals surface area contributed by atoms with Crippen LogP contribution in [0.5, 0.6) is 0 Å². The van der Waals surface area contributed by atoms with Crippen molar-refractivity contribution >= 4 is 16.9 Å². The van der Waals surface area contributed by atoms with Crippen molar-refractivity contribution in [3.63, 3.8) is 0 Å². The van der Waals surface area contributed by atoms with Crippen molar-refractivity contribution in [2.45, 2.75) is 19.9 Å². The second-order valence-electron chi connectivity index (χ2n) is 4.69. The summed E-state index contributed by atoms with van der Waals surface area (Å²) in [5.74, 6) is -0.904. The van der Waals surface area contributed by atoms with Gasteiger partial charge in [0.1, 0.15) is 0 Å². The third kappa shape index (κ3) is 2.76. The topological polar surface area (TPSA) is 62.5 Å². The number of hydrogen-bond donors (Lipinski definition) is 2. The van der Waals surface area contributed by atoms with Gasteiger partial charge in [-0.25, -0.2) is 4.39 Å². The van der Waals surface area contributed by atoms with E-state index in [0.717, 1.165) is 0 Å². The molecular weight excluding hydrogens is 249 g/mol. The molecule has 0 fully saturated rings. The van der Waals surface area contributed by atoms with Gasteiger partial charge in [0.15, 0.2) is 17.2 Å². The van der Waals surface area contributed by atoms with E-state index in [1.54, 1.807) is 19.1 Å². The maximum atomic E-state index is 13.4. The fraction of sp³-hybridized carbons (Fsp3) is 0.357. The number of fused-ring (bicyclic) bond motifs is 1. The first-order valence-corrected chi connectivity index (χ1v) is 6.12. The maximum absolute atomic E-state index is 13.4. The predicted molar refractivity (Wildman–Crippen MR) is 69.4 cm³/mol. The number of benzene rings is 1. The summed E-state index contributed by atoms with van der Waals surface area (Å²) in [5, 5.41) is 12.3. The number of aliphatic hydroxyl groups is 1. The molecule has 4 nitrogen and oxygen atoms in total. The third-order valence-electron chi connectivity index (χ3n) is 3.22. The molecule has 1 amide bonds. The highest BCUT2D eigenvalue weighted by Gasteiger charge is 2.18. The molecule has 1 aromatic carbocycles. The maximum Gasteiger partial charge on any atom is 0.287 e. The molecule has 0 aliphatic rings. The Morgan fingerprint density at radius 1 is 1.47 bits per heavy atom. The molecule has 2 unspecified atom stereocenters. The predicted octanol–water partition coefficient (Wildman–Crippen LogP) is 2.32. The lowest BCUT2D eigenvalue weighted by Crippen LogP contribution is -2.38. The molecule has 5 heteroatoms. The molecule has 0 bridgehead atoms. The number of furan rings is 1. The molecule has 0 saturated carbocycles. The minimum atomic E-state index is -0.492. The normalized spacial score (nSPS) is 14.3. The Hall–Kier alpha value is -1.88. The molecule has 0 aliphatic carbocycles. The summed E-state index contributed by atoms with van der Waals surface area (Å²) >= 11 is 0. The smallest absolute Gasteiger partial charge is 0.287 e. The average Bonchev–Trinajstić information content (AvgIpc) is 2.83. The van der Waals surface area contributed by atoms with E-state index in [-0.39, 0.29) is 29.9 Å². The van der Waals surface area contributed by atoms with Crippen LogP contribution in [0.1, 0.15) is 24.4 Å². The molecule has 0 spiro atoms. The van der Waals surface area contributed by atoms with Gasteiger partial charge >= 0.3 is 0 Å². The SMILES string of the molecule is CC(CO)C(C)NC(=O)c1cc2cccc(F)c2o1. The van der Waals surface area contributed by atoms with Crippen LogP contribution in [-0.2, 0) is 0 Å². The van der Waals surface area contributed by atoms with Gasteiger partial charge < -0.3 is 14.8 Å². The van der Waals surface area contributed by atoms with Crippen molar-refractivity contribution in [1.82, 2.24) is 5.32 Å². The Labute approximate surface area is 110 Å². The molecule has 0 saturated heterocycles. The van der Waals surface area contributed by atoms with E-state index in [2.05, 4.69) is 5.32 Å². The Morgan fingerprint density at radius 2 is 2.21 bits per heavy atom. The number of para-hydroxylation sites is 1. The summed E-state index contributed by atoms with van der Waals surface area (Å²) in [4.78, 5) is 11.9. The van der Waals surface area contributed by atoms with Gasteiger partial charge in [-0.15, -0.1) is 0 Å². The molecule has 2 N–H and O–H groups in total. The van der Waals surface area contributed by atoms with Gasteiger partial charge in [0.25, 0.3) is 5.91 Å². The van der Waals surface area contributed by atoms with E-state index < -0.39 is 11.7 Å². The van der Waals surface area contributed by atoms with Crippen LogP contribution in [0.25, 0.3) is 11.0 Å². The standard InChI is InChI=1S/C14H16FNO3/c1-8(7-17)9(2)16-14(18)12-6-10-4-3-5-11(15)13(10)19-12/h3-6,8-9,17H,7H2,1-2H3,(H,16,18). The lowest BCUT2D eigenvalue weighted by atomic mass is 10.1. The average molecular weight is 265 g/mol. The Morgan fingerprint density at radius 3 is 2.84 bits per heavy atom. The number of aliphatic hydroxyl groups excluding tert-OH is 1. The van der Waals surface area contributed by atoms with E-state index in [9.17, 15) is 9.18 Å². The molecule has 1 aromatic heterocycles. The first-order valence-electron chi connectivity index (χ1n) is 6.12. The molecule has 2 atom stereocenters. The van der Waals surface area contributed by atoms with Crippen LogP contribution >= 0.6 is 0 Å². The van der Waals surface area contributed by atoms with Crippen LogP contribution in [0.4, 0.5) is 4.39 Å². The van der Waals surface area contributed by atoms with Crippen molar-refractivity contribution in [3.05, 3.63) is 35.8 Å². The van der Waals surface area contributed by atoms with Crippen molar-refractivity contribution in [3.8, 4) is 0 Å². The number of hydrogen-bond acceptors (Lipinski definition) is 3. The number of rotatable bonds is 4. The number of halogens is 1. The second kappa shape index (κ2) is 5.40. The van der Waals surface area contributed by atoms with Crippen LogP contribution in [0, 0.1) is 11.7 Å². The van der Waals surface area contributed by atoms with E-state index in [0.29, 0.717) is 5.39 Å². The van der Waals surface area contributed by atoms with Gasteiger partial charge in [-0.2, -0.15) is 0 Å². The summed E-state index contributed by atoms with van der Waals surface area (Å²) in [5.41, 5.74) is 0.0792. The summed E-state index contributed by atoms with van der Waals surface area (Å²) < 4.78 is 18.7. The number of amides is 1. The lowest BCUT2D eigenvalue weighted by Gasteiger charge is -2.18. The zero-order valence-electron chi connectivity index (χ0n) is 10.8. The van der Waals surface area contributed by atoms with Crippen molar-refractivity contribution in [2.75, 3.05) is 6.61 Å². The highest BCUT2D eigenvalue weighted by Crippen LogP contribution is 2.22. The van der Waals surface area contributed by atoms with Crippen molar-refractivity contribution in [2.24, 2.45) is 5.92 Å². The number of carbonyl (C=O) groups excluding carboxylic acids is 1. The van der Waals surface area contributed by atoms with Crippen LogP contribution in [0.2, 0.25) is 0 Å². The van der Waals surface area contributed by atoms with Crippen molar-refractivity contribution < 1.29 is 18.7 Å². The molecule has 0 radical (unpaired) electrons. The zero-order valence-corrected chi connectivity index (χ0v) is 10.8.